The number of carbonyl (C=O) groups excluding carboxylic acids is 1. The number of hydrogen-bond donors (Lipinski definition) is 0. The lowest BCUT2D eigenvalue weighted by atomic mass is 10.1. The lowest BCUT2D eigenvalue weighted by Gasteiger charge is -2.12. The van der Waals surface area contributed by atoms with Gasteiger partial charge >= 0.3 is 6.36 Å². The number of Topliss-reactive ketones (excluding diaryl/α,β-unsaturated/α-hetero) is 1. The highest BCUT2D eigenvalue weighted by molar-refractivity contribution is 9.10. The average Bonchev–Trinajstić information content (AvgIpc) is 2.10. The Kier molecular flexibility index (Phi) is 3.57. The molecule has 0 unspecified atom stereocenters. The monoisotopic (exact) mass is 300 g/mol. The second kappa shape index (κ2) is 4.40. The summed E-state index contributed by atoms with van der Waals surface area (Å²) in [5.41, 5.74) is -0.0827. The molecule has 0 atom stereocenters. The fourth-order valence-electron chi connectivity index (χ4n) is 1.01. The van der Waals surface area contributed by atoms with Crippen molar-refractivity contribution in [2.24, 2.45) is 0 Å². The molecule has 1 aromatic carbocycles. The minimum atomic E-state index is -5.02. The normalized spacial score (nSPS) is 11.4. The van der Waals surface area contributed by atoms with E-state index in [-0.39, 0.29) is 10.0 Å². The summed E-state index contributed by atoms with van der Waals surface area (Å²) >= 11 is 2.70. The summed E-state index contributed by atoms with van der Waals surface area (Å²) in [6.45, 7) is 1.15. The van der Waals surface area contributed by atoms with Crippen LogP contribution in [-0.2, 0) is 0 Å². The number of carbonyl (C=O) groups is 1. The molecule has 7 heteroatoms. The van der Waals surface area contributed by atoms with E-state index in [0.29, 0.717) is 0 Å². The van der Waals surface area contributed by atoms with E-state index in [1.807, 2.05) is 0 Å². The molecule has 0 saturated heterocycles. The van der Waals surface area contributed by atoms with Crippen LogP contribution in [0.2, 0.25) is 0 Å². The van der Waals surface area contributed by atoms with Crippen LogP contribution < -0.4 is 4.74 Å². The Hall–Kier alpha value is -1.11. The molecule has 0 N–H and O–H groups in total. The zero-order valence-electron chi connectivity index (χ0n) is 7.86. The molecule has 2 nitrogen and oxygen atoms in total. The van der Waals surface area contributed by atoms with Crippen LogP contribution in [0.5, 0.6) is 5.75 Å². The molecule has 0 aliphatic rings. The van der Waals surface area contributed by atoms with Gasteiger partial charge in [0.1, 0.15) is 0 Å². The summed E-state index contributed by atoms with van der Waals surface area (Å²) in [5.74, 6) is -2.74. The van der Waals surface area contributed by atoms with Crippen LogP contribution in [-0.4, -0.2) is 12.1 Å². The highest BCUT2D eigenvalue weighted by Crippen LogP contribution is 2.35. The van der Waals surface area contributed by atoms with Crippen molar-refractivity contribution in [1.29, 1.82) is 0 Å². The highest BCUT2D eigenvalue weighted by Gasteiger charge is 2.34. The van der Waals surface area contributed by atoms with Crippen molar-refractivity contribution < 1.29 is 27.1 Å². The molecule has 0 heterocycles. The zero-order chi connectivity index (χ0) is 12.5. The van der Waals surface area contributed by atoms with Crippen molar-refractivity contribution in [3.8, 4) is 5.75 Å². The Bertz CT molecular complexity index is 428. The van der Waals surface area contributed by atoms with Crippen LogP contribution in [0.25, 0.3) is 0 Å². The first-order chi connectivity index (χ1) is 7.22. The number of ether oxygens (including phenoxy) is 1. The lowest BCUT2D eigenvalue weighted by molar-refractivity contribution is -0.275. The van der Waals surface area contributed by atoms with Crippen LogP contribution in [0, 0.1) is 5.82 Å². The van der Waals surface area contributed by atoms with Gasteiger partial charge in [0.05, 0.1) is 4.47 Å². The summed E-state index contributed by atoms with van der Waals surface area (Å²) in [4.78, 5) is 11.0. The van der Waals surface area contributed by atoms with E-state index in [0.717, 1.165) is 19.1 Å². The molecule has 1 aromatic rings. The lowest BCUT2D eigenvalue weighted by Crippen LogP contribution is -2.18. The number of benzene rings is 1. The van der Waals surface area contributed by atoms with Gasteiger partial charge in [-0.15, -0.1) is 13.2 Å². The van der Waals surface area contributed by atoms with Crippen LogP contribution in [0.4, 0.5) is 17.6 Å². The Balaban J connectivity index is 3.27. The fourth-order valence-corrected chi connectivity index (χ4v) is 1.70. The van der Waals surface area contributed by atoms with Crippen molar-refractivity contribution >= 4 is 21.7 Å². The SMILES string of the molecule is CC(=O)c1ccc(F)c(OC(F)(F)F)c1Br. The first-order valence-corrected chi connectivity index (χ1v) is 4.76. The Morgan fingerprint density at radius 3 is 2.38 bits per heavy atom. The van der Waals surface area contributed by atoms with Crippen molar-refractivity contribution in [1.82, 2.24) is 0 Å². The maximum atomic E-state index is 13.1. The second-order valence-corrected chi connectivity index (χ2v) is 3.64. The third-order valence-corrected chi connectivity index (χ3v) is 2.43. The van der Waals surface area contributed by atoms with E-state index in [2.05, 4.69) is 20.7 Å². The molecular weight excluding hydrogens is 296 g/mol. The summed E-state index contributed by atoms with van der Waals surface area (Å²) < 4.78 is 52.0. The number of rotatable bonds is 2. The van der Waals surface area contributed by atoms with Gasteiger partial charge in [-0.3, -0.25) is 4.79 Å². The van der Waals surface area contributed by atoms with E-state index in [1.54, 1.807) is 0 Å². The maximum Gasteiger partial charge on any atom is 0.573 e. The molecule has 16 heavy (non-hydrogen) atoms. The van der Waals surface area contributed by atoms with E-state index in [4.69, 9.17) is 0 Å². The predicted molar refractivity (Wildman–Crippen MR) is 50.8 cm³/mol. The minimum absolute atomic E-state index is 0.0827. The van der Waals surface area contributed by atoms with Crippen LogP contribution in [0.3, 0.4) is 0 Å². The summed E-state index contributed by atoms with van der Waals surface area (Å²) in [6, 6.07) is 1.81. The molecule has 0 bridgehead atoms. The molecular formula is C9H5BrF4O2. The number of halogens is 5. The van der Waals surface area contributed by atoms with Crippen molar-refractivity contribution in [3.63, 3.8) is 0 Å². The molecule has 0 radical (unpaired) electrons. The first kappa shape index (κ1) is 13.0. The Morgan fingerprint density at radius 2 is 1.94 bits per heavy atom. The Morgan fingerprint density at radius 1 is 1.38 bits per heavy atom. The molecule has 88 valence electrons. The maximum absolute atomic E-state index is 13.1. The van der Waals surface area contributed by atoms with Gasteiger partial charge in [0.15, 0.2) is 17.3 Å². The molecule has 0 spiro atoms. The molecule has 0 aliphatic heterocycles. The van der Waals surface area contributed by atoms with Crippen molar-refractivity contribution in [3.05, 3.63) is 28.0 Å². The van der Waals surface area contributed by atoms with Gasteiger partial charge in [-0.1, -0.05) is 0 Å². The standard InChI is InChI=1S/C9H5BrF4O2/c1-4(15)5-2-3-6(11)8(7(5)10)16-9(12,13)14/h2-3H,1H3. The average molecular weight is 301 g/mol. The predicted octanol–water partition coefficient (Wildman–Crippen LogP) is 3.69. The smallest absolute Gasteiger partial charge is 0.401 e. The molecule has 0 aromatic heterocycles. The van der Waals surface area contributed by atoms with E-state index >= 15 is 0 Å². The molecule has 0 fully saturated rings. The number of ketones is 1. The van der Waals surface area contributed by atoms with Crippen LogP contribution in [0.1, 0.15) is 17.3 Å². The number of hydrogen-bond acceptors (Lipinski definition) is 2. The zero-order valence-corrected chi connectivity index (χ0v) is 9.45. The fraction of sp³-hybridized carbons (Fsp3) is 0.222. The quantitative estimate of drug-likeness (QED) is 0.615. The molecule has 0 amide bonds. The molecule has 1 rings (SSSR count). The molecule has 0 aliphatic carbocycles. The first-order valence-electron chi connectivity index (χ1n) is 3.97. The molecule has 0 saturated carbocycles. The third kappa shape index (κ3) is 2.94. The van der Waals surface area contributed by atoms with E-state index in [9.17, 15) is 22.4 Å². The minimum Gasteiger partial charge on any atom is -0.401 e. The second-order valence-electron chi connectivity index (χ2n) is 2.84. The van der Waals surface area contributed by atoms with Gasteiger partial charge in [-0.2, -0.15) is 0 Å². The largest absolute Gasteiger partial charge is 0.573 e. The van der Waals surface area contributed by atoms with E-state index in [1.165, 1.54) is 0 Å². The summed E-state index contributed by atoms with van der Waals surface area (Å²) in [5, 5.41) is 0. The summed E-state index contributed by atoms with van der Waals surface area (Å²) in [7, 11) is 0. The summed E-state index contributed by atoms with van der Waals surface area (Å²) in [6.07, 6.45) is -5.02. The van der Waals surface area contributed by atoms with Crippen LogP contribution in [0.15, 0.2) is 16.6 Å². The Labute approximate surface area is 96.3 Å². The van der Waals surface area contributed by atoms with E-state index < -0.39 is 23.7 Å². The van der Waals surface area contributed by atoms with Crippen LogP contribution >= 0.6 is 15.9 Å². The topological polar surface area (TPSA) is 26.3 Å². The van der Waals surface area contributed by atoms with Gasteiger partial charge in [-0.05, 0) is 35.0 Å². The van der Waals surface area contributed by atoms with Gasteiger partial charge in [0, 0.05) is 5.56 Å². The van der Waals surface area contributed by atoms with Gasteiger partial charge in [0.25, 0.3) is 0 Å². The van der Waals surface area contributed by atoms with Crippen molar-refractivity contribution in [2.75, 3.05) is 0 Å². The van der Waals surface area contributed by atoms with Gasteiger partial charge in [-0.25, -0.2) is 4.39 Å². The third-order valence-electron chi connectivity index (χ3n) is 1.65. The number of alkyl halides is 3. The van der Waals surface area contributed by atoms with Gasteiger partial charge < -0.3 is 4.74 Å². The van der Waals surface area contributed by atoms with Gasteiger partial charge in [0.2, 0.25) is 0 Å². The van der Waals surface area contributed by atoms with Crippen molar-refractivity contribution in [2.45, 2.75) is 13.3 Å². The highest BCUT2D eigenvalue weighted by atomic mass is 79.9.